The number of pyridine rings is 1. The zero-order valence-corrected chi connectivity index (χ0v) is 15.0. The van der Waals surface area contributed by atoms with Crippen molar-refractivity contribution in [3.05, 3.63) is 60.3 Å². The van der Waals surface area contributed by atoms with Gasteiger partial charge in [0.2, 0.25) is 0 Å². The topological polar surface area (TPSA) is 69.8 Å². The van der Waals surface area contributed by atoms with E-state index in [4.69, 9.17) is 4.74 Å². The average molecular weight is 352 g/mol. The van der Waals surface area contributed by atoms with E-state index in [1.165, 1.54) is 5.56 Å². The molecule has 0 radical (unpaired) electrons. The Morgan fingerprint density at radius 2 is 2.08 bits per heavy atom. The number of hydrogen-bond acceptors (Lipinski definition) is 5. The monoisotopic (exact) mass is 352 g/mol. The van der Waals surface area contributed by atoms with E-state index in [2.05, 4.69) is 20.5 Å². The van der Waals surface area contributed by atoms with Crippen LogP contribution in [0.5, 0.6) is 0 Å². The Balaban J connectivity index is 1.38. The highest BCUT2D eigenvalue weighted by Crippen LogP contribution is 2.33. The molecule has 0 amide bonds. The molecule has 4 rings (SSSR count). The molecule has 1 saturated heterocycles. The van der Waals surface area contributed by atoms with E-state index in [0.29, 0.717) is 5.92 Å². The molecule has 0 unspecified atom stereocenters. The van der Waals surface area contributed by atoms with Crippen molar-refractivity contribution in [2.75, 3.05) is 18.5 Å². The second-order valence-electron chi connectivity index (χ2n) is 6.71. The molecule has 1 aliphatic rings. The maximum Gasteiger partial charge on any atom is 0.148 e. The summed E-state index contributed by atoms with van der Waals surface area (Å²) in [6.45, 7) is 2.39. The van der Waals surface area contributed by atoms with Crippen molar-refractivity contribution in [1.29, 1.82) is 0 Å². The maximum absolute atomic E-state index is 6.06. The summed E-state index contributed by atoms with van der Waals surface area (Å²) in [5, 5.41) is 12.4. The third kappa shape index (κ3) is 3.77. The summed E-state index contributed by atoms with van der Waals surface area (Å²) in [5.41, 5.74) is 2.33. The van der Waals surface area contributed by atoms with Gasteiger partial charge in [-0.05, 0) is 36.6 Å². The Labute approximate surface area is 153 Å². The van der Waals surface area contributed by atoms with Gasteiger partial charge in [-0.25, -0.2) is 0 Å². The van der Waals surface area contributed by atoms with Crippen molar-refractivity contribution in [3.63, 3.8) is 0 Å². The molecule has 1 N–H and O–H groups in total. The molecule has 7 nitrogen and oxygen atoms in total. The zero-order valence-electron chi connectivity index (χ0n) is 15.0. The Hall–Kier alpha value is -2.67. The van der Waals surface area contributed by atoms with Crippen LogP contribution in [0, 0.1) is 5.92 Å². The third-order valence-corrected chi connectivity index (χ3v) is 4.88. The minimum atomic E-state index is 0.0858. The zero-order chi connectivity index (χ0) is 17.8. The molecule has 4 heterocycles. The molecule has 0 aliphatic carbocycles. The number of aromatic nitrogens is 5. The standard InChI is InChI=1S/C19H24N6O/c1-24-17(6-10-22-24)19-16(3-2-12-26-19)13-21-18-7-11-25(23-18)14-15-4-8-20-9-5-15/h4-11,16,19H,2-3,12-14H2,1H3,(H,21,23)/t16-,19+/m0/s1. The van der Waals surface area contributed by atoms with Gasteiger partial charge in [-0.2, -0.15) is 10.2 Å². The predicted octanol–water partition coefficient (Wildman–Crippen LogP) is 2.64. The number of ether oxygens (including phenoxy) is 1. The highest BCUT2D eigenvalue weighted by molar-refractivity contribution is 5.32. The van der Waals surface area contributed by atoms with E-state index in [1.54, 1.807) is 12.4 Å². The van der Waals surface area contributed by atoms with Crippen LogP contribution in [0.1, 0.15) is 30.2 Å². The normalized spacial score (nSPS) is 20.2. The largest absolute Gasteiger partial charge is 0.372 e. The van der Waals surface area contributed by atoms with Gasteiger partial charge < -0.3 is 10.1 Å². The molecule has 136 valence electrons. The van der Waals surface area contributed by atoms with Crippen LogP contribution in [-0.4, -0.2) is 37.7 Å². The molecular weight excluding hydrogens is 328 g/mol. The quantitative estimate of drug-likeness (QED) is 0.738. The Kier molecular flexibility index (Phi) is 4.97. The summed E-state index contributed by atoms with van der Waals surface area (Å²) >= 11 is 0. The van der Waals surface area contributed by atoms with Crippen LogP contribution in [-0.2, 0) is 18.3 Å². The van der Waals surface area contributed by atoms with Crippen LogP contribution in [0.4, 0.5) is 5.82 Å². The Morgan fingerprint density at radius 1 is 1.19 bits per heavy atom. The van der Waals surface area contributed by atoms with Crippen LogP contribution in [0.15, 0.2) is 49.1 Å². The summed E-state index contributed by atoms with van der Waals surface area (Å²) in [5.74, 6) is 1.30. The van der Waals surface area contributed by atoms with Crippen molar-refractivity contribution in [2.45, 2.75) is 25.5 Å². The fraction of sp³-hybridized carbons (Fsp3) is 0.421. The van der Waals surface area contributed by atoms with Crippen LogP contribution in [0.2, 0.25) is 0 Å². The van der Waals surface area contributed by atoms with Gasteiger partial charge in [0.15, 0.2) is 0 Å². The molecule has 7 heteroatoms. The molecule has 0 saturated carbocycles. The van der Waals surface area contributed by atoms with Gasteiger partial charge in [-0.3, -0.25) is 14.3 Å². The number of rotatable bonds is 6. The summed E-state index contributed by atoms with van der Waals surface area (Å²) in [6, 6.07) is 8.08. The molecule has 26 heavy (non-hydrogen) atoms. The van der Waals surface area contributed by atoms with Crippen LogP contribution in [0.3, 0.4) is 0 Å². The van der Waals surface area contributed by atoms with Crippen LogP contribution >= 0.6 is 0 Å². The summed E-state index contributed by atoms with van der Waals surface area (Å²) in [4.78, 5) is 4.05. The van der Waals surface area contributed by atoms with Gasteiger partial charge in [0.05, 0.1) is 12.2 Å². The van der Waals surface area contributed by atoms with Gasteiger partial charge >= 0.3 is 0 Å². The third-order valence-electron chi connectivity index (χ3n) is 4.88. The predicted molar refractivity (Wildman–Crippen MR) is 98.7 cm³/mol. The van der Waals surface area contributed by atoms with Gasteiger partial charge in [-0.1, -0.05) is 0 Å². The SMILES string of the molecule is Cn1nccc1[C@@H]1OCCC[C@H]1CNc1ccn(Cc2ccncc2)n1. The minimum absolute atomic E-state index is 0.0858. The lowest BCUT2D eigenvalue weighted by atomic mass is 9.92. The summed E-state index contributed by atoms with van der Waals surface area (Å²) in [6.07, 6.45) is 9.76. The number of hydrogen-bond donors (Lipinski definition) is 1. The molecule has 0 bridgehead atoms. The van der Waals surface area contributed by atoms with Crippen molar-refractivity contribution in [2.24, 2.45) is 13.0 Å². The Morgan fingerprint density at radius 3 is 2.88 bits per heavy atom. The number of anilines is 1. The molecule has 0 aromatic carbocycles. The van der Waals surface area contributed by atoms with E-state index in [1.807, 2.05) is 53.1 Å². The van der Waals surface area contributed by atoms with E-state index in [0.717, 1.165) is 44.0 Å². The minimum Gasteiger partial charge on any atom is -0.372 e. The van der Waals surface area contributed by atoms with Crippen LogP contribution in [0.25, 0.3) is 0 Å². The molecule has 1 fully saturated rings. The number of nitrogens with one attached hydrogen (secondary N) is 1. The number of aryl methyl sites for hydroxylation is 1. The fourth-order valence-corrected chi connectivity index (χ4v) is 3.50. The van der Waals surface area contributed by atoms with E-state index in [-0.39, 0.29) is 6.10 Å². The van der Waals surface area contributed by atoms with E-state index >= 15 is 0 Å². The van der Waals surface area contributed by atoms with Crippen molar-refractivity contribution in [3.8, 4) is 0 Å². The maximum atomic E-state index is 6.06. The first-order chi connectivity index (χ1) is 12.8. The summed E-state index contributed by atoms with van der Waals surface area (Å²) < 4.78 is 9.90. The average Bonchev–Trinajstić information content (AvgIpc) is 3.30. The molecule has 0 spiro atoms. The first-order valence-electron chi connectivity index (χ1n) is 9.05. The molecule has 1 aliphatic heterocycles. The number of nitrogens with zero attached hydrogens (tertiary/aromatic N) is 5. The van der Waals surface area contributed by atoms with E-state index in [9.17, 15) is 0 Å². The lowest BCUT2D eigenvalue weighted by Crippen LogP contribution is -2.29. The molecule has 2 atom stereocenters. The molecule has 3 aromatic rings. The first kappa shape index (κ1) is 16.8. The highest BCUT2D eigenvalue weighted by Gasteiger charge is 2.29. The highest BCUT2D eigenvalue weighted by atomic mass is 16.5. The van der Waals surface area contributed by atoms with E-state index < -0.39 is 0 Å². The van der Waals surface area contributed by atoms with Gasteiger partial charge in [0.25, 0.3) is 0 Å². The smallest absolute Gasteiger partial charge is 0.148 e. The van der Waals surface area contributed by atoms with Crippen LogP contribution < -0.4 is 5.32 Å². The van der Waals surface area contributed by atoms with Crippen molar-refractivity contribution in [1.82, 2.24) is 24.5 Å². The van der Waals surface area contributed by atoms with Crippen molar-refractivity contribution < 1.29 is 4.74 Å². The lowest BCUT2D eigenvalue weighted by Gasteiger charge is -2.31. The lowest BCUT2D eigenvalue weighted by molar-refractivity contribution is -0.0284. The summed E-state index contributed by atoms with van der Waals surface area (Å²) in [7, 11) is 1.97. The first-order valence-corrected chi connectivity index (χ1v) is 9.05. The Bertz CT molecular complexity index is 827. The second kappa shape index (κ2) is 7.70. The van der Waals surface area contributed by atoms with Gasteiger partial charge in [0.1, 0.15) is 11.9 Å². The molecular formula is C19H24N6O. The van der Waals surface area contributed by atoms with Gasteiger partial charge in [-0.15, -0.1) is 0 Å². The van der Waals surface area contributed by atoms with Gasteiger partial charge in [0, 0.05) is 57.0 Å². The fourth-order valence-electron chi connectivity index (χ4n) is 3.50. The molecule has 3 aromatic heterocycles. The second-order valence-corrected chi connectivity index (χ2v) is 6.71. The van der Waals surface area contributed by atoms with Crippen molar-refractivity contribution >= 4 is 5.82 Å².